The first kappa shape index (κ1) is 268. The van der Waals surface area contributed by atoms with E-state index in [1.165, 1.54) is 0 Å². The summed E-state index contributed by atoms with van der Waals surface area (Å²) >= 11 is 0. The second kappa shape index (κ2) is 159. The molecule has 40 valence electrons. The molecule has 0 aliphatic rings. The van der Waals surface area contributed by atoms with Crippen LogP contribution in [0.1, 0.15) is 29.7 Å². The summed E-state index contributed by atoms with van der Waals surface area (Å²) in [6, 6.07) is 0. The van der Waals surface area contributed by atoms with E-state index in [0.29, 0.717) is 0 Å². The second-order valence-electron chi connectivity index (χ2n) is 0. The molecule has 0 aromatic heterocycles. The van der Waals surface area contributed by atoms with E-state index in [2.05, 4.69) is 0 Å². The van der Waals surface area contributed by atoms with Crippen molar-refractivity contribution in [2.24, 2.45) is 0 Å². The molecular weight excluding hydrogens is 87.0 g/mol. The second-order valence-corrected chi connectivity index (χ2v) is 0. The molecule has 0 aromatic rings. The molecule has 0 heterocycles. The van der Waals surface area contributed by atoms with Crippen molar-refractivity contribution in [2.75, 3.05) is 0 Å². The third kappa shape index (κ3) is 84.4. The van der Waals surface area contributed by atoms with E-state index in [1.54, 1.807) is 0 Å². The quantitative estimate of drug-likeness (QED) is 0.376. The van der Waals surface area contributed by atoms with Crippen molar-refractivity contribution in [1.29, 1.82) is 0 Å². The van der Waals surface area contributed by atoms with Crippen LogP contribution in [0.15, 0.2) is 0 Å². The van der Waals surface area contributed by atoms with Crippen molar-refractivity contribution in [3.63, 3.8) is 0 Å². The van der Waals surface area contributed by atoms with Crippen LogP contribution in [0, 0.1) is 0 Å². The Hall–Kier alpha value is 0.960. The van der Waals surface area contributed by atoms with Gasteiger partial charge in [0.05, 0.1) is 0 Å². The summed E-state index contributed by atoms with van der Waals surface area (Å²) in [5.74, 6) is 0. The van der Waals surface area contributed by atoms with Gasteiger partial charge in [-0.3, -0.25) is 0 Å². The summed E-state index contributed by atoms with van der Waals surface area (Å²) in [5, 5.41) is 0. The first-order valence-electron chi connectivity index (χ1n) is 0. The van der Waals surface area contributed by atoms with Crippen LogP contribution in [0.25, 0.3) is 0 Å². The van der Waals surface area contributed by atoms with Crippen molar-refractivity contribution in [2.45, 2.75) is 29.7 Å². The van der Waals surface area contributed by atoms with Crippen molar-refractivity contribution < 1.29 is 35.0 Å². The maximum Gasteiger partial charge on any atom is 1.00 e. The van der Waals surface area contributed by atoms with Crippen LogP contribution < -0.4 is 29.6 Å². The normalized spacial score (nSPS) is 0. The maximum absolute atomic E-state index is 0. The first-order valence-corrected chi connectivity index (χ1v) is 0. The summed E-state index contributed by atoms with van der Waals surface area (Å²) in [5.41, 5.74) is 0. The third-order valence-electron chi connectivity index (χ3n) is 0. The van der Waals surface area contributed by atoms with Gasteiger partial charge in [0.1, 0.15) is 0 Å². The molecule has 0 spiro atoms. The van der Waals surface area contributed by atoms with Gasteiger partial charge in [0.15, 0.2) is 0 Å². The van der Waals surface area contributed by atoms with Gasteiger partial charge in [-0.2, -0.15) is 0 Å². The minimum atomic E-state index is 0. The topological polar surface area (TPSA) is 30.0 Å². The number of rotatable bonds is 0. The van der Waals surface area contributed by atoms with Gasteiger partial charge in [0.25, 0.3) is 0 Å². The molecule has 0 fully saturated rings. The summed E-state index contributed by atoms with van der Waals surface area (Å²) < 4.78 is 0. The average molecular weight is 104 g/mol. The standard InChI is InChI=1S/4CH4.Na.H2O/h4*1H4;;1H2/q;;;;+1;/p-1. The number of hydrogen-bond donors (Lipinski definition) is 0. The zero-order chi connectivity index (χ0) is 0. The zero-order valence-corrected chi connectivity index (χ0v) is 3.45. The summed E-state index contributed by atoms with van der Waals surface area (Å²) in [4.78, 5) is 0. The molecule has 1 N–H and O–H groups in total. The van der Waals surface area contributed by atoms with Crippen LogP contribution in [0.2, 0.25) is 0 Å². The first-order chi connectivity index (χ1) is 0. The van der Waals surface area contributed by atoms with E-state index in [0.717, 1.165) is 0 Å². The minimum absolute atomic E-state index is 0. The van der Waals surface area contributed by atoms with Gasteiger partial charge in [-0.1, -0.05) is 29.7 Å². The molecule has 0 bridgehead atoms. The fourth-order valence-corrected chi connectivity index (χ4v) is 0. The Labute approximate surface area is 64.7 Å². The molecule has 0 saturated heterocycles. The SMILES string of the molecule is C.C.C.C.[Na+].[OH-]. The Morgan fingerprint density at radius 2 is 0.500 bits per heavy atom. The summed E-state index contributed by atoms with van der Waals surface area (Å²) in [6.45, 7) is 0. The number of hydrogen-bond acceptors (Lipinski definition) is 1. The van der Waals surface area contributed by atoms with E-state index in [9.17, 15) is 0 Å². The fraction of sp³-hybridized carbons (Fsp3) is 1.00. The Balaban J connectivity index is 0. The Bertz CT molecular complexity index is 7.51. The van der Waals surface area contributed by atoms with Crippen LogP contribution in [0.5, 0.6) is 0 Å². The van der Waals surface area contributed by atoms with Gasteiger partial charge in [-0.15, -0.1) is 0 Å². The van der Waals surface area contributed by atoms with Crippen LogP contribution in [-0.2, 0) is 0 Å². The van der Waals surface area contributed by atoms with Crippen LogP contribution >= 0.6 is 0 Å². The molecule has 6 heavy (non-hydrogen) atoms. The van der Waals surface area contributed by atoms with Gasteiger partial charge in [-0.25, -0.2) is 0 Å². The van der Waals surface area contributed by atoms with E-state index in [4.69, 9.17) is 0 Å². The molecule has 0 aliphatic carbocycles. The predicted octanol–water partition coefficient (Wildman–Crippen LogP) is -0.628. The van der Waals surface area contributed by atoms with Crippen LogP contribution in [0.4, 0.5) is 0 Å². The van der Waals surface area contributed by atoms with Crippen molar-refractivity contribution in [1.82, 2.24) is 0 Å². The van der Waals surface area contributed by atoms with Gasteiger partial charge < -0.3 is 5.48 Å². The molecule has 0 aromatic carbocycles. The van der Waals surface area contributed by atoms with Crippen LogP contribution in [0.3, 0.4) is 0 Å². The van der Waals surface area contributed by atoms with E-state index < -0.39 is 0 Å². The Morgan fingerprint density at radius 1 is 0.500 bits per heavy atom. The average Bonchev–Trinajstić information content (AvgIpc) is 0. The summed E-state index contributed by atoms with van der Waals surface area (Å²) in [7, 11) is 0. The molecule has 0 amide bonds. The molecule has 0 aliphatic heterocycles. The van der Waals surface area contributed by atoms with Crippen molar-refractivity contribution >= 4 is 0 Å². The Kier molecular flexibility index (Phi) is 7110. The van der Waals surface area contributed by atoms with Gasteiger partial charge in [0.2, 0.25) is 0 Å². The van der Waals surface area contributed by atoms with E-state index in [1.807, 2.05) is 0 Å². The predicted molar refractivity (Wildman–Crippen MR) is 28.9 cm³/mol. The third-order valence-corrected chi connectivity index (χ3v) is 0. The molecular formula is C4H17NaO. The molecule has 0 saturated carbocycles. The van der Waals surface area contributed by atoms with Gasteiger partial charge in [0, 0.05) is 0 Å². The minimum Gasteiger partial charge on any atom is -0.870 e. The molecule has 2 heteroatoms. The smallest absolute Gasteiger partial charge is 0.870 e. The Morgan fingerprint density at radius 3 is 0.500 bits per heavy atom. The monoisotopic (exact) mass is 104 g/mol. The fourth-order valence-electron chi connectivity index (χ4n) is 0. The molecule has 1 nitrogen and oxygen atoms in total. The van der Waals surface area contributed by atoms with E-state index in [-0.39, 0.29) is 64.7 Å². The van der Waals surface area contributed by atoms with E-state index >= 15 is 0 Å². The largest absolute Gasteiger partial charge is 1.00 e. The maximum atomic E-state index is 0. The molecule has 0 unspecified atom stereocenters. The molecule has 0 atom stereocenters. The van der Waals surface area contributed by atoms with Crippen molar-refractivity contribution in [3.8, 4) is 0 Å². The van der Waals surface area contributed by atoms with Gasteiger partial charge in [-0.05, 0) is 0 Å². The summed E-state index contributed by atoms with van der Waals surface area (Å²) in [6.07, 6.45) is 0. The van der Waals surface area contributed by atoms with Crippen LogP contribution in [-0.4, -0.2) is 5.48 Å². The zero-order valence-electron chi connectivity index (χ0n) is 1.45. The molecule has 0 rings (SSSR count). The van der Waals surface area contributed by atoms with Gasteiger partial charge >= 0.3 is 29.6 Å². The van der Waals surface area contributed by atoms with Crippen molar-refractivity contribution in [3.05, 3.63) is 0 Å². The molecule has 0 radical (unpaired) electrons.